The van der Waals surface area contributed by atoms with Crippen molar-refractivity contribution in [2.24, 2.45) is 0 Å². The molecule has 1 aromatic heterocycles. The van der Waals surface area contributed by atoms with E-state index < -0.39 is 0 Å². The van der Waals surface area contributed by atoms with Gasteiger partial charge in [-0.05, 0) is 37.1 Å². The minimum absolute atomic E-state index is 0.976. The number of nitrogens with one attached hydrogen (secondary N) is 1. The molecule has 0 spiro atoms. The fraction of sp³-hybridized carbons (Fsp3) is 0.308. The molecule has 1 aromatic carbocycles. The van der Waals surface area contributed by atoms with Gasteiger partial charge in [0.25, 0.3) is 0 Å². The maximum atomic E-state index is 4.76. The van der Waals surface area contributed by atoms with Crippen LogP contribution in [0.3, 0.4) is 0 Å². The second kappa shape index (κ2) is 4.00. The number of benzene rings is 1. The summed E-state index contributed by atoms with van der Waals surface area (Å²) in [7, 11) is 0. The van der Waals surface area contributed by atoms with Crippen LogP contribution in [0.15, 0.2) is 24.3 Å². The lowest BCUT2D eigenvalue weighted by Crippen LogP contribution is -2.19. The van der Waals surface area contributed by atoms with Crippen LogP contribution >= 0.6 is 11.3 Å². The fourth-order valence-corrected chi connectivity index (χ4v) is 3.15. The first kappa shape index (κ1) is 10.00. The Kier molecular flexibility index (Phi) is 2.50. The van der Waals surface area contributed by atoms with Crippen molar-refractivity contribution in [2.45, 2.75) is 13.3 Å². The van der Waals surface area contributed by atoms with Gasteiger partial charge in [-0.25, -0.2) is 4.98 Å². The van der Waals surface area contributed by atoms with Crippen molar-refractivity contribution in [3.05, 3.63) is 34.8 Å². The van der Waals surface area contributed by atoms with Crippen molar-refractivity contribution < 1.29 is 0 Å². The van der Waals surface area contributed by atoms with Crippen LogP contribution in [0.5, 0.6) is 0 Å². The Hall–Kier alpha value is -1.19. The van der Waals surface area contributed by atoms with Gasteiger partial charge in [0.1, 0.15) is 5.01 Å². The van der Waals surface area contributed by atoms with Crippen LogP contribution in [-0.4, -0.2) is 18.1 Å². The molecule has 0 aliphatic carbocycles. The number of aryl methyl sites for hydroxylation is 1. The van der Waals surface area contributed by atoms with Crippen molar-refractivity contribution in [2.75, 3.05) is 13.1 Å². The molecule has 0 saturated carbocycles. The number of hydrogen-bond donors (Lipinski definition) is 1. The van der Waals surface area contributed by atoms with Gasteiger partial charge in [0.15, 0.2) is 0 Å². The highest BCUT2D eigenvalue weighted by atomic mass is 32.1. The van der Waals surface area contributed by atoms with Crippen molar-refractivity contribution in [1.82, 2.24) is 10.3 Å². The third-order valence-electron chi connectivity index (χ3n) is 2.96. The molecule has 2 heterocycles. The van der Waals surface area contributed by atoms with Crippen LogP contribution in [0.25, 0.3) is 15.8 Å². The molecule has 0 bridgehead atoms. The minimum atomic E-state index is 0.976. The molecule has 2 nitrogen and oxygen atoms in total. The Morgan fingerprint density at radius 2 is 2.31 bits per heavy atom. The topological polar surface area (TPSA) is 24.9 Å². The number of hydrogen-bond acceptors (Lipinski definition) is 3. The van der Waals surface area contributed by atoms with E-state index in [2.05, 4.69) is 36.5 Å². The maximum Gasteiger partial charge on any atom is 0.120 e. The van der Waals surface area contributed by atoms with Gasteiger partial charge in [0, 0.05) is 6.54 Å². The zero-order valence-electron chi connectivity index (χ0n) is 9.29. The van der Waals surface area contributed by atoms with Crippen LogP contribution in [0.2, 0.25) is 0 Å². The standard InChI is InChI=1S/C13H14N2S/c1-9-3-2-4-11-12(9)15-13(16-11)10-5-7-14-8-6-10/h2-5,14H,6-8H2,1H3. The number of nitrogens with zero attached hydrogens (tertiary/aromatic N) is 1. The first-order valence-electron chi connectivity index (χ1n) is 5.61. The van der Waals surface area contributed by atoms with Gasteiger partial charge in [0.2, 0.25) is 0 Å². The highest BCUT2D eigenvalue weighted by Gasteiger charge is 2.11. The third-order valence-corrected chi connectivity index (χ3v) is 4.06. The summed E-state index contributed by atoms with van der Waals surface area (Å²) in [4.78, 5) is 4.76. The number of fused-ring (bicyclic) bond motifs is 1. The summed E-state index contributed by atoms with van der Waals surface area (Å²) in [5.41, 5.74) is 3.84. The SMILES string of the molecule is Cc1cccc2sc(C3=CCNCC3)nc12. The Labute approximate surface area is 99.0 Å². The Balaban J connectivity index is 2.11. The van der Waals surface area contributed by atoms with E-state index in [-0.39, 0.29) is 0 Å². The van der Waals surface area contributed by atoms with Gasteiger partial charge in [-0.15, -0.1) is 11.3 Å². The summed E-state index contributed by atoms with van der Waals surface area (Å²) in [5, 5.41) is 4.53. The predicted molar refractivity (Wildman–Crippen MR) is 69.8 cm³/mol. The molecular formula is C13H14N2S. The average Bonchev–Trinajstić information content (AvgIpc) is 2.76. The largest absolute Gasteiger partial charge is 0.313 e. The summed E-state index contributed by atoms with van der Waals surface area (Å²) in [6.07, 6.45) is 3.36. The lowest BCUT2D eigenvalue weighted by atomic mass is 10.1. The molecule has 3 heteroatoms. The Morgan fingerprint density at radius 1 is 1.38 bits per heavy atom. The summed E-state index contributed by atoms with van der Waals surface area (Å²) >= 11 is 1.81. The molecule has 82 valence electrons. The molecule has 3 rings (SSSR count). The van der Waals surface area contributed by atoms with Crippen molar-refractivity contribution in [3.8, 4) is 0 Å². The molecule has 0 fully saturated rings. The summed E-state index contributed by atoms with van der Waals surface area (Å²) in [5.74, 6) is 0. The normalized spacial score (nSPS) is 16.4. The van der Waals surface area contributed by atoms with Gasteiger partial charge < -0.3 is 5.32 Å². The summed E-state index contributed by atoms with van der Waals surface area (Å²) < 4.78 is 1.30. The molecule has 1 aliphatic rings. The molecule has 1 N–H and O–H groups in total. The number of thiazole rings is 1. The van der Waals surface area contributed by atoms with E-state index >= 15 is 0 Å². The molecule has 0 atom stereocenters. The molecule has 1 aliphatic heterocycles. The summed E-state index contributed by atoms with van der Waals surface area (Å²) in [6, 6.07) is 6.39. The monoisotopic (exact) mass is 230 g/mol. The number of rotatable bonds is 1. The molecule has 16 heavy (non-hydrogen) atoms. The quantitative estimate of drug-likeness (QED) is 0.814. The van der Waals surface area contributed by atoms with Crippen molar-refractivity contribution >= 4 is 27.1 Å². The fourth-order valence-electron chi connectivity index (χ4n) is 2.04. The van der Waals surface area contributed by atoms with Gasteiger partial charge in [-0.1, -0.05) is 18.2 Å². The highest BCUT2D eigenvalue weighted by Crippen LogP contribution is 2.30. The molecule has 2 aromatic rings. The van der Waals surface area contributed by atoms with E-state index in [4.69, 9.17) is 4.98 Å². The van der Waals surface area contributed by atoms with Gasteiger partial charge in [0.05, 0.1) is 10.2 Å². The summed E-state index contributed by atoms with van der Waals surface area (Å²) in [6.45, 7) is 4.17. The van der Waals surface area contributed by atoms with Gasteiger partial charge in [-0.3, -0.25) is 0 Å². The average molecular weight is 230 g/mol. The molecule has 0 unspecified atom stereocenters. The van der Waals surface area contributed by atoms with E-state index in [0.29, 0.717) is 0 Å². The minimum Gasteiger partial charge on any atom is -0.313 e. The molecule has 0 radical (unpaired) electrons. The van der Waals surface area contributed by atoms with Crippen molar-refractivity contribution in [1.29, 1.82) is 0 Å². The first-order valence-corrected chi connectivity index (χ1v) is 6.42. The number of para-hydroxylation sites is 1. The zero-order valence-corrected chi connectivity index (χ0v) is 10.1. The van der Waals surface area contributed by atoms with E-state index in [1.54, 1.807) is 0 Å². The van der Waals surface area contributed by atoms with Crippen LogP contribution in [0.1, 0.15) is 17.0 Å². The molecule has 0 amide bonds. The Bertz CT molecular complexity index is 554. The Morgan fingerprint density at radius 3 is 3.06 bits per heavy atom. The second-order valence-electron chi connectivity index (χ2n) is 4.12. The van der Waals surface area contributed by atoms with Crippen LogP contribution in [0.4, 0.5) is 0 Å². The lowest BCUT2D eigenvalue weighted by molar-refractivity contribution is 0.738. The lowest BCUT2D eigenvalue weighted by Gasteiger charge is -2.10. The second-order valence-corrected chi connectivity index (χ2v) is 5.15. The molecular weight excluding hydrogens is 216 g/mol. The maximum absolute atomic E-state index is 4.76. The first-order chi connectivity index (χ1) is 7.84. The third kappa shape index (κ3) is 1.66. The van der Waals surface area contributed by atoms with Gasteiger partial charge >= 0.3 is 0 Å². The van der Waals surface area contributed by atoms with Crippen LogP contribution in [-0.2, 0) is 0 Å². The van der Waals surface area contributed by atoms with E-state index in [9.17, 15) is 0 Å². The van der Waals surface area contributed by atoms with E-state index in [1.165, 1.54) is 26.4 Å². The highest BCUT2D eigenvalue weighted by molar-refractivity contribution is 7.19. The zero-order chi connectivity index (χ0) is 11.0. The van der Waals surface area contributed by atoms with E-state index in [1.807, 2.05) is 11.3 Å². The number of aromatic nitrogens is 1. The van der Waals surface area contributed by atoms with Crippen LogP contribution < -0.4 is 5.32 Å². The van der Waals surface area contributed by atoms with E-state index in [0.717, 1.165) is 19.5 Å². The van der Waals surface area contributed by atoms with Crippen molar-refractivity contribution in [3.63, 3.8) is 0 Å². The van der Waals surface area contributed by atoms with Crippen LogP contribution in [0, 0.1) is 6.92 Å². The molecule has 0 saturated heterocycles. The predicted octanol–water partition coefficient (Wildman–Crippen LogP) is 2.98. The smallest absolute Gasteiger partial charge is 0.120 e. The van der Waals surface area contributed by atoms with Gasteiger partial charge in [-0.2, -0.15) is 0 Å².